The largest absolute Gasteiger partial charge is 0.497 e. The van der Waals surface area contributed by atoms with Gasteiger partial charge in [-0.1, -0.05) is 0 Å². The van der Waals surface area contributed by atoms with Crippen LogP contribution >= 0.6 is 0 Å². The summed E-state index contributed by atoms with van der Waals surface area (Å²) in [6.07, 6.45) is -6.20. The van der Waals surface area contributed by atoms with Crippen LogP contribution in [0, 0.1) is 0 Å². The maximum Gasteiger partial charge on any atom is 0.303 e. The molecule has 13 heteroatoms. The van der Waals surface area contributed by atoms with Gasteiger partial charge in [0.15, 0.2) is 23.7 Å². The van der Waals surface area contributed by atoms with Gasteiger partial charge in [0.2, 0.25) is 0 Å². The highest BCUT2D eigenvalue weighted by Crippen LogP contribution is 2.47. The molecule has 5 atom stereocenters. The molecule has 2 aromatic carbocycles. The first-order chi connectivity index (χ1) is 21.0. The van der Waals surface area contributed by atoms with E-state index in [2.05, 4.69) is 0 Å². The third-order valence-electron chi connectivity index (χ3n) is 6.93. The first-order valence-electron chi connectivity index (χ1n) is 13.6. The molecule has 1 aliphatic heterocycles. The second-order valence-corrected chi connectivity index (χ2v) is 9.87. The number of carbonyl (C=O) groups excluding carboxylic acids is 3. The summed E-state index contributed by atoms with van der Waals surface area (Å²) in [6, 6.07) is 9.77. The Labute approximate surface area is 252 Å². The summed E-state index contributed by atoms with van der Waals surface area (Å²) in [4.78, 5) is 50.3. The van der Waals surface area contributed by atoms with Crippen molar-refractivity contribution in [2.45, 2.75) is 51.3 Å². The van der Waals surface area contributed by atoms with E-state index in [0.29, 0.717) is 11.3 Å². The van der Waals surface area contributed by atoms with Gasteiger partial charge in [-0.2, -0.15) is 0 Å². The Bertz CT molecular complexity index is 1580. The number of carbonyl (C=O) groups is 3. The third kappa shape index (κ3) is 6.63. The number of benzene rings is 2. The monoisotopic (exact) mass is 614 g/mol. The molecule has 1 aliphatic rings. The first-order valence-corrected chi connectivity index (χ1v) is 13.6. The number of hydrogen-bond donors (Lipinski definition) is 0. The van der Waals surface area contributed by atoms with Crippen molar-refractivity contribution in [2.75, 3.05) is 35.0 Å². The van der Waals surface area contributed by atoms with Crippen molar-refractivity contribution in [2.24, 2.45) is 0 Å². The number of rotatable bonds is 10. The molecule has 1 aromatic heterocycles. The van der Waals surface area contributed by atoms with Crippen LogP contribution in [0.2, 0.25) is 0 Å². The first kappa shape index (κ1) is 32.3. The highest BCUT2D eigenvalue weighted by molar-refractivity contribution is 5.89. The average Bonchev–Trinajstić information content (AvgIpc) is 2.98. The minimum atomic E-state index is -1.38. The van der Waals surface area contributed by atoms with Crippen molar-refractivity contribution >= 4 is 28.9 Å². The lowest BCUT2D eigenvalue weighted by Gasteiger charge is -2.45. The van der Waals surface area contributed by atoms with E-state index in [9.17, 15) is 19.2 Å². The van der Waals surface area contributed by atoms with Crippen molar-refractivity contribution in [1.82, 2.24) is 0 Å². The molecular weight excluding hydrogens is 580 g/mol. The lowest BCUT2D eigenvalue weighted by atomic mass is 9.88. The summed E-state index contributed by atoms with van der Waals surface area (Å²) in [6.45, 7) is 3.39. The molecule has 0 unspecified atom stereocenters. The predicted molar refractivity (Wildman–Crippen MR) is 154 cm³/mol. The molecule has 1 fully saturated rings. The molecule has 3 aromatic rings. The number of esters is 3. The number of methoxy groups -OCH3 is 4. The van der Waals surface area contributed by atoms with Crippen molar-refractivity contribution in [3.63, 3.8) is 0 Å². The number of fused-ring (bicyclic) bond motifs is 1. The van der Waals surface area contributed by atoms with Crippen molar-refractivity contribution < 1.29 is 56.7 Å². The summed E-state index contributed by atoms with van der Waals surface area (Å²) in [5.74, 6) is -1.08. The average molecular weight is 615 g/mol. The van der Waals surface area contributed by atoms with Crippen molar-refractivity contribution in [1.29, 1.82) is 0 Å². The highest BCUT2D eigenvalue weighted by atomic mass is 16.7. The van der Waals surface area contributed by atoms with Crippen LogP contribution in [0.1, 0.15) is 32.4 Å². The minimum absolute atomic E-state index is 0.0141. The fraction of sp³-hybridized carbons (Fsp3) is 0.419. The van der Waals surface area contributed by atoms with E-state index < -0.39 is 53.9 Å². The van der Waals surface area contributed by atoms with E-state index in [4.69, 9.17) is 42.3 Å². The smallest absolute Gasteiger partial charge is 0.303 e. The van der Waals surface area contributed by atoms with Gasteiger partial charge in [-0.15, -0.1) is 0 Å². The molecule has 0 spiro atoms. The molecule has 0 bridgehead atoms. The molecule has 1 saturated heterocycles. The fourth-order valence-corrected chi connectivity index (χ4v) is 5.25. The Morgan fingerprint density at radius 1 is 0.773 bits per heavy atom. The van der Waals surface area contributed by atoms with E-state index in [1.165, 1.54) is 40.4 Å². The standard InChI is InChI=1S/C31H34O13/c1-15(32)40-27-24(14-36-4)44-29(31(42-17(3)34)30(27)41-16(2)33)26-22(38-6)13-23-25(28(26)39-7)20(35)12-21(43-23)18-8-10-19(37-5)11-9-18/h8-13,24,27,29-31H,14H2,1-7H3/t24-,27-,29+,30+,31+/m1/s1. The SMILES string of the molecule is COC[C@H]1O[C@@H](c2c(OC)cc3oc(-c4ccc(OC)cc4)cc(=O)c3c2OC)[C@H](OC(C)=O)[C@@H](OC(C)=O)[C@@H]1OC(C)=O. The topological polar surface area (TPSA) is 155 Å². The van der Waals surface area contributed by atoms with Gasteiger partial charge in [0, 0.05) is 45.6 Å². The summed E-state index contributed by atoms with van der Waals surface area (Å²) in [5, 5.41) is 0.0557. The van der Waals surface area contributed by atoms with Crippen LogP contribution in [-0.4, -0.2) is 77.4 Å². The molecule has 236 valence electrons. The Morgan fingerprint density at radius 2 is 1.39 bits per heavy atom. The zero-order valence-corrected chi connectivity index (χ0v) is 25.4. The van der Waals surface area contributed by atoms with E-state index in [1.807, 2.05) is 0 Å². The summed E-state index contributed by atoms with van der Waals surface area (Å²) >= 11 is 0. The van der Waals surface area contributed by atoms with Crippen LogP contribution in [0.4, 0.5) is 0 Å². The molecule has 0 radical (unpaired) electrons. The van der Waals surface area contributed by atoms with Crippen LogP contribution in [-0.2, 0) is 38.1 Å². The normalized spacial score (nSPS) is 21.3. The lowest BCUT2D eigenvalue weighted by Crippen LogP contribution is -2.59. The zero-order valence-electron chi connectivity index (χ0n) is 25.4. The number of ether oxygens (including phenoxy) is 8. The van der Waals surface area contributed by atoms with Gasteiger partial charge in [-0.05, 0) is 24.3 Å². The third-order valence-corrected chi connectivity index (χ3v) is 6.93. The molecule has 13 nitrogen and oxygen atoms in total. The van der Waals surface area contributed by atoms with Crippen LogP contribution in [0.5, 0.6) is 17.2 Å². The van der Waals surface area contributed by atoms with Gasteiger partial charge >= 0.3 is 17.9 Å². The van der Waals surface area contributed by atoms with Gasteiger partial charge < -0.3 is 42.3 Å². The molecule has 0 aliphatic carbocycles. The van der Waals surface area contributed by atoms with Crippen LogP contribution in [0.15, 0.2) is 45.6 Å². The fourth-order valence-electron chi connectivity index (χ4n) is 5.25. The van der Waals surface area contributed by atoms with Gasteiger partial charge in [-0.25, -0.2) is 0 Å². The summed E-state index contributed by atoms with van der Waals surface area (Å²) < 4.78 is 51.2. The minimum Gasteiger partial charge on any atom is -0.497 e. The maximum atomic E-state index is 13.6. The summed E-state index contributed by atoms with van der Waals surface area (Å²) in [5.41, 5.74) is 0.488. The lowest BCUT2D eigenvalue weighted by molar-refractivity contribution is -0.254. The number of hydrogen-bond acceptors (Lipinski definition) is 13. The second kappa shape index (κ2) is 13.8. The van der Waals surface area contributed by atoms with Crippen molar-refractivity contribution in [3.8, 4) is 28.6 Å². The predicted octanol–water partition coefficient (Wildman–Crippen LogP) is 3.37. The van der Waals surface area contributed by atoms with Crippen LogP contribution < -0.4 is 19.6 Å². The molecule has 2 heterocycles. The molecule has 44 heavy (non-hydrogen) atoms. The zero-order chi connectivity index (χ0) is 32.1. The van der Waals surface area contributed by atoms with Gasteiger partial charge in [0.1, 0.15) is 46.2 Å². The van der Waals surface area contributed by atoms with E-state index in [0.717, 1.165) is 13.8 Å². The van der Waals surface area contributed by atoms with E-state index in [-0.39, 0.29) is 40.4 Å². The van der Waals surface area contributed by atoms with Crippen molar-refractivity contribution in [3.05, 3.63) is 52.2 Å². The van der Waals surface area contributed by atoms with E-state index in [1.54, 1.807) is 31.4 Å². The van der Waals surface area contributed by atoms with Crippen LogP contribution in [0.25, 0.3) is 22.3 Å². The Kier molecular flexibility index (Phi) is 10.1. The van der Waals surface area contributed by atoms with Gasteiger partial charge in [0.05, 0.1) is 33.5 Å². The van der Waals surface area contributed by atoms with E-state index >= 15 is 0 Å². The Hall–Kier alpha value is -4.62. The van der Waals surface area contributed by atoms with Gasteiger partial charge in [-0.3, -0.25) is 19.2 Å². The Morgan fingerprint density at radius 3 is 1.93 bits per heavy atom. The molecule has 0 saturated carbocycles. The summed E-state index contributed by atoms with van der Waals surface area (Å²) in [7, 11) is 5.68. The molecule has 4 rings (SSSR count). The van der Waals surface area contributed by atoms with Gasteiger partial charge in [0.25, 0.3) is 0 Å². The highest BCUT2D eigenvalue weighted by Gasteiger charge is 2.53. The molecular formula is C31H34O13. The Balaban J connectivity index is 1.96. The maximum absolute atomic E-state index is 13.6. The second-order valence-electron chi connectivity index (χ2n) is 9.87. The van der Waals surface area contributed by atoms with Crippen LogP contribution in [0.3, 0.4) is 0 Å². The molecule has 0 N–H and O–H groups in total. The molecule has 0 amide bonds. The quantitative estimate of drug-likeness (QED) is 0.242.